The molecule has 0 fully saturated rings. The average molecular weight is 538 g/mol. The first-order chi connectivity index (χ1) is 14.3. The average Bonchev–Trinajstić information content (AvgIpc) is 3.44. The molecule has 160 valence electrons. The first kappa shape index (κ1) is 22.6. The largest absolute Gasteiger partial charge is 0.493 e. The molecule has 1 aromatic carbocycles. The van der Waals surface area contributed by atoms with Gasteiger partial charge in [-0.1, -0.05) is 25.1 Å². The summed E-state index contributed by atoms with van der Waals surface area (Å²) in [7, 11) is 0. The molecule has 2 N–H and O–H groups in total. The van der Waals surface area contributed by atoms with E-state index in [0.29, 0.717) is 13.2 Å². The van der Waals surface area contributed by atoms with E-state index in [1.807, 2.05) is 36.5 Å². The highest BCUT2D eigenvalue weighted by Gasteiger charge is 2.22. The van der Waals surface area contributed by atoms with Gasteiger partial charge < -0.3 is 19.8 Å². The second-order valence-electron chi connectivity index (χ2n) is 6.87. The number of guanidine groups is 1. The van der Waals surface area contributed by atoms with Crippen molar-refractivity contribution in [1.82, 2.24) is 15.6 Å². The molecule has 0 amide bonds. The molecule has 8 heteroatoms. The maximum atomic E-state index is 5.79. The van der Waals surface area contributed by atoms with Crippen molar-refractivity contribution in [2.75, 3.05) is 13.2 Å². The van der Waals surface area contributed by atoms with Crippen LogP contribution >= 0.6 is 35.3 Å². The standard InChI is InChI=1S/C22H26N4O2S.HI/c1-2-17-14-24-21(29-17)15-25-22(23-11-9-16-6-5-12-27-16)26-19-10-13-28-20-8-4-3-7-18(19)20;/h3-8,12,14,19H,2,9-11,13,15H2,1H3,(H2,23,25,26);1H. The minimum Gasteiger partial charge on any atom is -0.493 e. The molecule has 4 rings (SSSR count). The van der Waals surface area contributed by atoms with Crippen LogP contribution in [0.2, 0.25) is 0 Å². The van der Waals surface area contributed by atoms with Crippen molar-refractivity contribution >= 4 is 41.3 Å². The second kappa shape index (κ2) is 11.4. The van der Waals surface area contributed by atoms with E-state index in [2.05, 4.69) is 28.6 Å². The van der Waals surface area contributed by atoms with Crippen molar-refractivity contribution in [3.63, 3.8) is 0 Å². The number of para-hydroxylation sites is 1. The van der Waals surface area contributed by atoms with Crippen LogP contribution in [-0.4, -0.2) is 24.1 Å². The van der Waals surface area contributed by atoms with Gasteiger partial charge in [-0.05, 0) is 24.6 Å². The zero-order valence-corrected chi connectivity index (χ0v) is 20.1. The molecule has 6 nitrogen and oxygen atoms in total. The van der Waals surface area contributed by atoms with E-state index in [-0.39, 0.29) is 30.0 Å². The molecule has 3 aromatic rings. The van der Waals surface area contributed by atoms with Gasteiger partial charge in [-0.3, -0.25) is 0 Å². The van der Waals surface area contributed by atoms with E-state index < -0.39 is 0 Å². The number of halogens is 1. The second-order valence-corrected chi connectivity index (χ2v) is 8.07. The number of hydrogen-bond acceptors (Lipinski definition) is 5. The molecule has 3 heterocycles. The highest BCUT2D eigenvalue weighted by atomic mass is 127. The minimum absolute atomic E-state index is 0. The van der Waals surface area contributed by atoms with Crippen molar-refractivity contribution in [1.29, 1.82) is 0 Å². The Hall–Kier alpha value is -2.07. The molecule has 0 saturated heterocycles. The van der Waals surface area contributed by atoms with Crippen molar-refractivity contribution < 1.29 is 9.15 Å². The molecular weight excluding hydrogens is 511 g/mol. The molecule has 1 atom stereocenters. The number of furan rings is 1. The summed E-state index contributed by atoms with van der Waals surface area (Å²) in [5.74, 6) is 2.69. The zero-order chi connectivity index (χ0) is 19.9. The normalized spacial score (nSPS) is 15.6. The lowest BCUT2D eigenvalue weighted by molar-refractivity contribution is 0.261. The van der Waals surface area contributed by atoms with Crippen molar-refractivity contribution in [3.05, 3.63) is 70.1 Å². The van der Waals surface area contributed by atoms with Crippen LogP contribution in [0, 0.1) is 0 Å². The Morgan fingerprint density at radius 2 is 2.17 bits per heavy atom. The number of aromatic nitrogens is 1. The number of aliphatic imine (C=N–C) groups is 1. The molecule has 0 radical (unpaired) electrons. The number of hydrogen-bond donors (Lipinski definition) is 2. The number of ether oxygens (including phenoxy) is 1. The minimum atomic E-state index is 0. The predicted octanol–water partition coefficient (Wildman–Crippen LogP) is 4.72. The van der Waals surface area contributed by atoms with Gasteiger partial charge in [0.05, 0.1) is 25.5 Å². The summed E-state index contributed by atoms with van der Waals surface area (Å²) in [6.07, 6.45) is 6.35. The Labute approximate surface area is 198 Å². The van der Waals surface area contributed by atoms with E-state index in [1.165, 1.54) is 10.4 Å². The first-order valence-corrected chi connectivity index (χ1v) is 10.9. The summed E-state index contributed by atoms with van der Waals surface area (Å²) >= 11 is 1.72. The van der Waals surface area contributed by atoms with E-state index in [0.717, 1.165) is 48.3 Å². The lowest BCUT2D eigenvalue weighted by atomic mass is 10.0. The summed E-state index contributed by atoms with van der Waals surface area (Å²) in [5.41, 5.74) is 1.17. The van der Waals surface area contributed by atoms with Crippen LogP contribution in [0.1, 0.15) is 40.6 Å². The molecule has 0 spiro atoms. The quantitative estimate of drug-likeness (QED) is 0.259. The van der Waals surface area contributed by atoms with E-state index in [4.69, 9.17) is 14.1 Å². The number of benzene rings is 1. The summed E-state index contributed by atoms with van der Waals surface area (Å²) in [6.45, 7) is 4.14. The summed E-state index contributed by atoms with van der Waals surface area (Å²) in [5, 5.41) is 8.06. The Morgan fingerprint density at radius 3 is 2.97 bits per heavy atom. The van der Waals surface area contributed by atoms with Gasteiger partial charge in [-0.2, -0.15) is 0 Å². The highest BCUT2D eigenvalue weighted by molar-refractivity contribution is 14.0. The van der Waals surface area contributed by atoms with Gasteiger partial charge >= 0.3 is 0 Å². The molecule has 30 heavy (non-hydrogen) atoms. The Kier molecular flexibility index (Phi) is 8.56. The monoisotopic (exact) mass is 538 g/mol. The first-order valence-electron chi connectivity index (χ1n) is 10.0. The number of aryl methyl sites for hydroxylation is 1. The van der Waals surface area contributed by atoms with Gasteiger partial charge in [0, 0.05) is 36.0 Å². The van der Waals surface area contributed by atoms with Gasteiger partial charge in [-0.15, -0.1) is 35.3 Å². The topological polar surface area (TPSA) is 71.7 Å². The third-order valence-electron chi connectivity index (χ3n) is 4.84. The fourth-order valence-electron chi connectivity index (χ4n) is 3.30. The van der Waals surface area contributed by atoms with E-state index in [9.17, 15) is 0 Å². The van der Waals surface area contributed by atoms with Crippen LogP contribution in [0.4, 0.5) is 0 Å². The molecule has 0 saturated carbocycles. The number of thiazole rings is 1. The lowest BCUT2D eigenvalue weighted by Gasteiger charge is -2.28. The summed E-state index contributed by atoms with van der Waals surface area (Å²) < 4.78 is 11.2. The Bertz CT molecular complexity index is 942. The van der Waals surface area contributed by atoms with Gasteiger partial charge in [0.25, 0.3) is 0 Å². The summed E-state index contributed by atoms with van der Waals surface area (Å²) in [6, 6.07) is 12.2. The van der Waals surface area contributed by atoms with E-state index in [1.54, 1.807) is 17.6 Å². The number of fused-ring (bicyclic) bond motifs is 1. The van der Waals surface area contributed by atoms with Gasteiger partial charge in [0.1, 0.15) is 16.5 Å². The van der Waals surface area contributed by atoms with Crippen LogP contribution < -0.4 is 15.4 Å². The SMILES string of the molecule is CCc1cnc(CN=C(NCCc2ccco2)NC2CCOc3ccccc32)s1.I. The summed E-state index contributed by atoms with van der Waals surface area (Å²) in [4.78, 5) is 10.6. The third kappa shape index (κ3) is 5.98. The molecule has 1 unspecified atom stereocenters. The van der Waals surface area contributed by atoms with Crippen molar-refractivity contribution in [2.45, 2.75) is 38.8 Å². The maximum Gasteiger partial charge on any atom is 0.192 e. The number of nitrogens with zero attached hydrogens (tertiary/aromatic N) is 2. The molecular formula is C22H27IN4O2S. The number of rotatable bonds is 7. The molecule has 0 bridgehead atoms. The van der Waals surface area contributed by atoms with Crippen LogP contribution in [0.5, 0.6) is 5.75 Å². The van der Waals surface area contributed by atoms with Crippen LogP contribution in [0.15, 0.2) is 58.3 Å². The fourth-order valence-corrected chi connectivity index (χ4v) is 4.09. The zero-order valence-electron chi connectivity index (χ0n) is 17.0. The van der Waals surface area contributed by atoms with Crippen molar-refractivity contribution in [2.24, 2.45) is 4.99 Å². The van der Waals surface area contributed by atoms with Gasteiger partial charge in [0.15, 0.2) is 5.96 Å². The lowest BCUT2D eigenvalue weighted by Crippen LogP contribution is -2.41. The van der Waals surface area contributed by atoms with E-state index >= 15 is 0 Å². The Balaban J connectivity index is 0.00000256. The molecule has 2 aromatic heterocycles. The van der Waals surface area contributed by atoms with Crippen LogP contribution in [-0.2, 0) is 19.4 Å². The van der Waals surface area contributed by atoms with Crippen LogP contribution in [0.3, 0.4) is 0 Å². The number of nitrogens with one attached hydrogen (secondary N) is 2. The third-order valence-corrected chi connectivity index (χ3v) is 5.96. The fraction of sp³-hybridized carbons (Fsp3) is 0.364. The molecule has 1 aliphatic rings. The van der Waals surface area contributed by atoms with Crippen LogP contribution in [0.25, 0.3) is 0 Å². The Morgan fingerprint density at radius 1 is 1.27 bits per heavy atom. The van der Waals surface area contributed by atoms with Gasteiger partial charge in [-0.25, -0.2) is 9.98 Å². The molecule has 1 aliphatic heterocycles. The molecule has 0 aliphatic carbocycles. The predicted molar refractivity (Wildman–Crippen MR) is 131 cm³/mol. The highest BCUT2D eigenvalue weighted by Crippen LogP contribution is 2.31. The smallest absolute Gasteiger partial charge is 0.192 e. The van der Waals surface area contributed by atoms with Crippen molar-refractivity contribution in [3.8, 4) is 5.75 Å². The van der Waals surface area contributed by atoms with Gasteiger partial charge in [0.2, 0.25) is 0 Å². The maximum absolute atomic E-state index is 5.79.